The summed E-state index contributed by atoms with van der Waals surface area (Å²) in [5, 5.41) is 9.10. The van der Waals surface area contributed by atoms with Crippen LogP contribution in [0.3, 0.4) is 0 Å². The Balaban J connectivity index is 2.32. The minimum absolute atomic E-state index is 0.0317. The lowest BCUT2D eigenvalue weighted by Crippen LogP contribution is -1.94. The van der Waals surface area contributed by atoms with Crippen molar-refractivity contribution in [1.29, 1.82) is 0 Å². The van der Waals surface area contributed by atoms with E-state index in [0.717, 1.165) is 9.13 Å². The summed E-state index contributed by atoms with van der Waals surface area (Å²) in [6.45, 7) is -0.0317. The van der Waals surface area contributed by atoms with Gasteiger partial charge in [-0.15, -0.1) is 0 Å². The molecule has 2 aromatic rings. The smallest absolute Gasteiger partial charge is 0.169 e. The molecule has 0 bridgehead atoms. The van der Waals surface area contributed by atoms with E-state index in [1.54, 1.807) is 31.4 Å². The molecular weight excluding hydrogens is 357 g/mol. The van der Waals surface area contributed by atoms with Crippen LogP contribution in [-0.2, 0) is 6.61 Å². The van der Waals surface area contributed by atoms with Gasteiger partial charge < -0.3 is 20.3 Å². The zero-order valence-electron chi connectivity index (χ0n) is 10.4. The van der Waals surface area contributed by atoms with Gasteiger partial charge in [0.25, 0.3) is 0 Å². The Hall–Kier alpha value is -1.47. The lowest BCUT2D eigenvalue weighted by molar-refractivity contribution is 0.280. The molecule has 2 rings (SSSR count). The van der Waals surface area contributed by atoms with Crippen LogP contribution < -0.4 is 15.2 Å². The highest BCUT2D eigenvalue weighted by Crippen LogP contribution is 2.34. The summed E-state index contributed by atoms with van der Waals surface area (Å²) in [5.41, 5.74) is 7.17. The molecule has 0 unspecified atom stereocenters. The third-order valence-electron chi connectivity index (χ3n) is 2.59. The highest BCUT2D eigenvalue weighted by atomic mass is 127. The zero-order valence-corrected chi connectivity index (χ0v) is 12.5. The maximum atomic E-state index is 9.10. The normalized spacial score (nSPS) is 10.3. The number of benzene rings is 2. The molecule has 0 fully saturated rings. The SMILES string of the molecule is COc1cc(CO)ccc1Oc1ccc(N)cc1I. The van der Waals surface area contributed by atoms with Crippen LogP contribution in [0.4, 0.5) is 5.69 Å². The van der Waals surface area contributed by atoms with E-state index < -0.39 is 0 Å². The molecule has 3 N–H and O–H groups in total. The van der Waals surface area contributed by atoms with Gasteiger partial charge in [0, 0.05) is 5.69 Å². The summed E-state index contributed by atoms with van der Waals surface area (Å²) in [7, 11) is 1.57. The molecule has 19 heavy (non-hydrogen) atoms. The summed E-state index contributed by atoms with van der Waals surface area (Å²) < 4.78 is 12.0. The molecule has 0 saturated carbocycles. The Labute approximate surface area is 125 Å². The van der Waals surface area contributed by atoms with Crippen LogP contribution in [0.5, 0.6) is 17.2 Å². The number of nitrogens with two attached hydrogens (primary N) is 1. The number of hydrogen-bond donors (Lipinski definition) is 2. The van der Waals surface area contributed by atoms with Crippen molar-refractivity contribution in [2.45, 2.75) is 6.61 Å². The maximum Gasteiger partial charge on any atom is 0.169 e. The van der Waals surface area contributed by atoms with E-state index >= 15 is 0 Å². The molecule has 0 aromatic heterocycles. The molecule has 0 spiro atoms. The van der Waals surface area contributed by atoms with E-state index in [2.05, 4.69) is 22.6 Å². The number of aliphatic hydroxyl groups excluding tert-OH is 1. The Bertz CT molecular complexity index is 587. The van der Waals surface area contributed by atoms with Crippen LogP contribution in [0.2, 0.25) is 0 Å². The van der Waals surface area contributed by atoms with Crippen LogP contribution in [0.15, 0.2) is 36.4 Å². The van der Waals surface area contributed by atoms with Gasteiger partial charge in [-0.2, -0.15) is 0 Å². The molecule has 0 atom stereocenters. The topological polar surface area (TPSA) is 64.7 Å². The summed E-state index contributed by atoms with van der Waals surface area (Å²) in [4.78, 5) is 0. The second-order valence-corrected chi connectivity index (χ2v) is 5.10. The van der Waals surface area contributed by atoms with Crippen LogP contribution in [0.25, 0.3) is 0 Å². The van der Waals surface area contributed by atoms with Gasteiger partial charge in [-0.05, 0) is 58.5 Å². The van der Waals surface area contributed by atoms with Crippen molar-refractivity contribution >= 4 is 28.3 Å². The number of ether oxygens (including phenoxy) is 2. The molecule has 5 heteroatoms. The van der Waals surface area contributed by atoms with Gasteiger partial charge in [0.2, 0.25) is 0 Å². The quantitative estimate of drug-likeness (QED) is 0.640. The minimum atomic E-state index is -0.0317. The fraction of sp³-hybridized carbons (Fsp3) is 0.143. The molecule has 0 aliphatic rings. The fourth-order valence-electron chi connectivity index (χ4n) is 1.61. The van der Waals surface area contributed by atoms with E-state index in [9.17, 15) is 0 Å². The Kier molecular flexibility index (Phi) is 4.49. The average Bonchev–Trinajstić information content (AvgIpc) is 2.42. The van der Waals surface area contributed by atoms with Gasteiger partial charge in [0.15, 0.2) is 11.5 Å². The first-order chi connectivity index (χ1) is 9.13. The molecule has 0 saturated heterocycles. The van der Waals surface area contributed by atoms with E-state index in [-0.39, 0.29) is 6.61 Å². The molecule has 100 valence electrons. The molecule has 0 aliphatic heterocycles. The molecule has 0 radical (unpaired) electrons. The van der Waals surface area contributed by atoms with Crippen LogP contribution >= 0.6 is 22.6 Å². The number of rotatable bonds is 4. The lowest BCUT2D eigenvalue weighted by Gasteiger charge is -2.12. The minimum Gasteiger partial charge on any atom is -0.493 e. The molecule has 0 aliphatic carbocycles. The highest BCUT2D eigenvalue weighted by Gasteiger charge is 2.09. The molecule has 0 heterocycles. The van der Waals surface area contributed by atoms with Gasteiger partial charge in [0.05, 0.1) is 17.3 Å². The van der Waals surface area contributed by atoms with Crippen molar-refractivity contribution in [3.63, 3.8) is 0 Å². The predicted octanol–water partition coefficient (Wildman–Crippen LogP) is 3.17. The molecule has 2 aromatic carbocycles. The van der Waals surface area contributed by atoms with Crippen molar-refractivity contribution in [2.24, 2.45) is 0 Å². The summed E-state index contributed by atoms with van der Waals surface area (Å²) >= 11 is 2.16. The van der Waals surface area contributed by atoms with Crippen LogP contribution in [0.1, 0.15) is 5.56 Å². The Morgan fingerprint density at radius 1 is 1.11 bits per heavy atom. The highest BCUT2D eigenvalue weighted by molar-refractivity contribution is 14.1. The van der Waals surface area contributed by atoms with E-state index in [1.807, 2.05) is 12.1 Å². The zero-order chi connectivity index (χ0) is 13.8. The van der Waals surface area contributed by atoms with Crippen molar-refractivity contribution in [3.8, 4) is 17.2 Å². The number of hydrogen-bond acceptors (Lipinski definition) is 4. The number of anilines is 1. The first kappa shape index (κ1) is 14.0. The Morgan fingerprint density at radius 2 is 1.84 bits per heavy atom. The first-order valence-corrected chi connectivity index (χ1v) is 6.72. The predicted molar refractivity (Wildman–Crippen MR) is 82.6 cm³/mol. The van der Waals surface area contributed by atoms with Crippen LogP contribution in [-0.4, -0.2) is 12.2 Å². The molecule has 4 nitrogen and oxygen atoms in total. The van der Waals surface area contributed by atoms with Crippen LogP contribution in [0, 0.1) is 3.57 Å². The molecule has 0 amide bonds. The van der Waals surface area contributed by atoms with Crippen molar-refractivity contribution in [3.05, 3.63) is 45.5 Å². The van der Waals surface area contributed by atoms with Crippen molar-refractivity contribution in [2.75, 3.05) is 12.8 Å². The number of nitrogen functional groups attached to an aromatic ring is 1. The first-order valence-electron chi connectivity index (χ1n) is 5.64. The number of halogens is 1. The van der Waals surface area contributed by atoms with E-state index in [0.29, 0.717) is 22.9 Å². The number of aliphatic hydroxyl groups is 1. The largest absolute Gasteiger partial charge is 0.493 e. The third kappa shape index (κ3) is 3.30. The third-order valence-corrected chi connectivity index (χ3v) is 3.43. The Morgan fingerprint density at radius 3 is 2.47 bits per heavy atom. The summed E-state index contributed by atoms with van der Waals surface area (Å²) in [5.74, 6) is 1.89. The maximum absolute atomic E-state index is 9.10. The average molecular weight is 371 g/mol. The van der Waals surface area contributed by atoms with E-state index in [4.69, 9.17) is 20.3 Å². The van der Waals surface area contributed by atoms with Gasteiger partial charge >= 0.3 is 0 Å². The monoisotopic (exact) mass is 371 g/mol. The van der Waals surface area contributed by atoms with Crippen molar-refractivity contribution in [1.82, 2.24) is 0 Å². The summed E-state index contributed by atoms with van der Waals surface area (Å²) in [6, 6.07) is 10.8. The fourth-order valence-corrected chi connectivity index (χ4v) is 2.26. The van der Waals surface area contributed by atoms with Gasteiger partial charge in [-0.1, -0.05) is 6.07 Å². The number of methoxy groups -OCH3 is 1. The van der Waals surface area contributed by atoms with E-state index in [1.165, 1.54) is 0 Å². The lowest BCUT2D eigenvalue weighted by atomic mass is 10.2. The van der Waals surface area contributed by atoms with Gasteiger partial charge in [-0.3, -0.25) is 0 Å². The molecular formula is C14H14INO3. The van der Waals surface area contributed by atoms with Crippen molar-refractivity contribution < 1.29 is 14.6 Å². The standard InChI is InChI=1S/C14H14INO3/c1-18-14-6-9(8-17)2-4-13(14)19-12-5-3-10(16)7-11(12)15/h2-7,17H,8,16H2,1H3. The second-order valence-electron chi connectivity index (χ2n) is 3.94. The van der Waals surface area contributed by atoms with Gasteiger partial charge in [-0.25, -0.2) is 0 Å². The van der Waals surface area contributed by atoms with Gasteiger partial charge in [0.1, 0.15) is 5.75 Å². The second kappa shape index (κ2) is 6.12. The summed E-state index contributed by atoms with van der Waals surface area (Å²) in [6.07, 6.45) is 0.